The van der Waals surface area contributed by atoms with Gasteiger partial charge in [-0.25, -0.2) is 0 Å². The number of carbonyl (C=O) groups is 1. The Balaban J connectivity index is 1.73. The fraction of sp³-hybridized carbons (Fsp3) is 0.688. The summed E-state index contributed by atoms with van der Waals surface area (Å²) in [6.45, 7) is 0. The van der Waals surface area contributed by atoms with Crippen molar-refractivity contribution in [3.8, 4) is 5.75 Å². The van der Waals surface area contributed by atoms with Crippen LogP contribution in [0, 0.1) is 0 Å². The lowest BCUT2D eigenvalue weighted by molar-refractivity contribution is 0.0869. The van der Waals surface area contributed by atoms with E-state index in [2.05, 4.69) is 5.32 Å². The summed E-state index contributed by atoms with van der Waals surface area (Å²) >= 11 is 1.60. The fourth-order valence-electron chi connectivity index (χ4n) is 3.37. The van der Waals surface area contributed by atoms with Crippen molar-refractivity contribution in [1.29, 1.82) is 0 Å². The van der Waals surface area contributed by atoms with Crippen LogP contribution < -0.4 is 10.1 Å². The molecule has 1 amide bonds. The molecular weight excluding hydrogens is 286 g/mol. The van der Waals surface area contributed by atoms with E-state index >= 15 is 0 Å². The Hall–Kier alpha value is -1.07. The van der Waals surface area contributed by atoms with Gasteiger partial charge in [0.1, 0.15) is 10.6 Å². The lowest BCUT2D eigenvalue weighted by Gasteiger charge is -2.26. The number of hydrogen-bond donors (Lipinski definition) is 2. The largest absolute Gasteiger partial charge is 0.495 e. The Kier molecular flexibility index (Phi) is 4.50. The number of fused-ring (bicyclic) bond motifs is 1. The first kappa shape index (κ1) is 14.9. The van der Waals surface area contributed by atoms with Crippen LogP contribution >= 0.6 is 11.3 Å². The maximum atomic E-state index is 12.5. The molecule has 1 heterocycles. The molecule has 1 aromatic heterocycles. The van der Waals surface area contributed by atoms with Crippen LogP contribution in [0.3, 0.4) is 0 Å². The van der Waals surface area contributed by atoms with Gasteiger partial charge in [-0.3, -0.25) is 4.79 Å². The normalized spacial score (nSPS) is 25.2. The quantitative estimate of drug-likeness (QED) is 0.902. The molecule has 0 saturated heterocycles. The van der Waals surface area contributed by atoms with E-state index in [1.165, 1.54) is 23.3 Å². The van der Waals surface area contributed by atoms with Crippen molar-refractivity contribution in [2.24, 2.45) is 0 Å². The number of carbonyl (C=O) groups excluding carboxylic acids is 1. The maximum Gasteiger partial charge on any atom is 0.265 e. The zero-order chi connectivity index (χ0) is 14.8. The van der Waals surface area contributed by atoms with Crippen molar-refractivity contribution in [2.45, 2.75) is 63.5 Å². The smallest absolute Gasteiger partial charge is 0.265 e. The number of methoxy groups -OCH3 is 1. The minimum absolute atomic E-state index is 0.00682. The summed E-state index contributed by atoms with van der Waals surface area (Å²) < 4.78 is 5.52. The van der Waals surface area contributed by atoms with Gasteiger partial charge in [-0.15, -0.1) is 11.3 Å². The maximum absolute atomic E-state index is 12.5. The van der Waals surface area contributed by atoms with Gasteiger partial charge in [0.2, 0.25) is 0 Å². The number of amides is 1. The average Bonchev–Trinajstić information content (AvgIpc) is 2.88. The summed E-state index contributed by atoms with van der Waals surface area (Å²) in [6, 6.07) is 0.185. The Morgan fingerprint density at radius 2 is 1.95 bits per heavy atom. The van der Waals surface area contributed by atoms with Crippen molar-refractivity contribution in [3.05, 3.63) is 15.3 Å². The van der Waals surface area contributed by atoms with Crippen LogP contribution in [0.4, 0.5) is 0 Å². The first-order valence-corrected chi connectivity index (χ1v) is 8.68. The van der Waals surface area contributed by atoms with E-state index in [4.69, 9.17) is 4.74 Å². The molecule has 0 unspecified atom stereocenters. The summed E-state index contributed by atoms with van der Waals surface area (Å²) in [6.07, 6.45) is 7.57. The summed E-state index contributed by atoms with van der Waals surface area (Å²) in [7, 11) is 1.66. The third-order valence-corrected chi connectivity index (χ3v) is 5.84. The third-order valence-electron chi connectivity index (χ3n) is 4.57. The molecule has 21 heavy (non-hydrogen) atoms. The van der Waals surface area contributed by atoms with Gasteiger partial charge in [0.05, 0.1) is 13.2 Å². The summed E-state index contributed by atoms with van der Waals surface area (Å²) in [4.78, 5) is 14.6. The molecule has 116 valence electrons. The molecule has 4 nitrogen and oxygen atoms in total. The Labute approximate surface area is 129 Å². The molecule has 2 aliphatic carbocycles. The Morgan fingerprint density at radius 1 is 1.24 bits per heavy atom. The van der Waals surface area contributed by atoms with E-state index in [-0.39, 0.29) is 18.1 Å². The topological polar surface area (TPSA) is 58.6 Å². The minimum Gasteiger partial charge on any atom is -0.495 e. The van der Waals surface area contributed by atoms with Gasteiger partial charge in [0.25, 0.3) is 5.91 Å². The second-order valence-electron chi connectivity index (χ2n) is 6.05. The molecule has 3 rings (SSSR count). The molecular formula is C16H23NO3S. The number of rotatable bonds is 3. The zero-order valence-electron chi connectivity index (χ0n) is 12.5. The second-order valence-corrected chi connectivity index (χ2v) is 7.16. The van der Waals surface area contributed by atoms with Crippen LogP contribution in [-0.4, -0.2) is 30.3 Å². The molecule has 5 heteroatoms. The van der Waals surface area contributed by atoms with Gasteiger partial charge in [-0.1, -0.05) is 0 Å². The average molecular weight is 309 g/mol. The first-order chi connectivity index (χ1) is 10.2. The van der Waals surface area contributed by atoms with Crippen molar-refractivity contribution >= 4 is 17.2 Å². The van der Waals surface area contributed by atoms with Gasteiger partial charge in [-0.05, 0) is 51.4 Å². The lowest BCUT2D eigenvalue weighted by Crippen LogP contribution is -2.38. The molecule has 1 saturated carbocycles. The van der Waals surface area contributed by atoms with Gasteiger partial charge in [0.15, 0.2) is 0 Å². The standard InChI is InChI=1S/C16H23NO3S/c1-20-14-12-4-2-3-5-13(12)21-15(14)16(19)17-10-6-8-11(18)9-7-10/h10-11,18H,2-9H2,1H3,(H,17,19). The fourth-order valence-corrected chi connectivity index (χ4v) is 4.64. The molecule has 0 radical (unpaired) electrons. The van der Waals surface area contributed by atoms with Crippen molar-refractivity contribution in [3.63, 3.8) is 0 Å². The summed E-state index contributed by atoms with van der Waals surface area (Å²) in [5.74, 6) is 0.788. The molecule has 0 spiro atoms. The highest BCUT2D eigenvalue weighted by Crippen LogP contribution is 2.40. The van der Waals surface area contributed by atoms with E-state index in [1.54, 1.807) is 18.4 Å². The minimum atomic E-state index is -0.193. The van der Waals surface area contributed by atoms with Crippen LogP contribution in [0.5, 0.6) is 5.75 Å². The number of aliphatic hydroxyl groups excluding tert-OH is 1. The first-order valence-electron chi connectivity index (χ1n) is 7.86. The monoisotopic (exact) mass is 309 g/mol. The molecule has 1 aromatic rings. The Bertz CT molecular complexity index is 518. The van der Waals surface area contributed by atoms with Crippen LogP contribution in [-0.2, 0) is 12.8 Å². The summed E-state index contributed by atoms with van der Waals surface area (Å²) in [5.41, 5.74) is 1.25. The van der Waals surface area contributed by atoms with Crippen LogP contribution in [0.25, 0.3) is 0 Å². The number of aryl methyl sites for hydroxylation is 1. The van der Waals surface area contributed by atoms with Gasteiger partial charge < -0.3 is 15.2 Å². The van der Waals surface area contributed by atoms with Gasteiger partial charge in [-0.2, -0.15) is 0 Å². The van der Waals surface area contributed by atoms with Crippen LogP contribution in [0.1, 0.15) is 58.6 Å². The SMILES string of the molecule is COc1c(C(=O)NC2CCC(O)CC2)sc2c1CCCC2. The number of hydrogen-bond acceptors (Lipinski definition) is 4. The molecule has 1 fully saturated rings. The van der Waals surface area contributed by atoms with E-state index in [0.29, 0.717) is 0 Å². The number of nitrogens with one attached hydrogen (secondary N) is 1. The van der Waals surface area contributed by atoms with Crippen molar-refractivity contribution < 1.29 is 14.6 Å². The van der Waals surface area contributed by atoms with E-state index in [9.17, 15) is 9.90 Å². The predicted molar refractivity (Wildman–Crippen MR) is 83.2 cm³/mol. The molecule has 0 aliphatic heterocycles. The summed E-state index contributed by atoms with van der Waals surface area (Å²) in [5, 5.41) is 12.7. The molecule has 0 bridgehead atoms. The highest BCUT2D eigenvalue weighted by atomic mass is 32.1. The highest BCUT2D eigenvalue weighted by molar-refractivity contribution is 7.14. The predicted octanol–water partition coefficient (Wildman–Crippen LogP) is 2.67. The Morgan fingerprint density at radius 3 is 2.67 bits per heavy atom. The second kappa shape index (κ2) is 6.36. The van der Waals surface area contributed by atoms with Gasteiger partial charge in [0, 0.05) is 16.5 Å². The van der Waals surface area contributed by atoms with E-state index < -0.39 is 0 Å². The van der Waals surface area contributed by atoms with Crippen molar-refractivity contribution in [2.75, 3.05) is 7.11 Å². The number of thiophene rings is 1. The molecule has 0 aromatic carbocycles. The number of aliphatic hydroxyl groups is 1. The van der Waals surface area contributed by atoms with Crippen molar-refractivity contribution in [1.82, 2.24) is 5.32 Å². The lowest BCUT2D eigenvalue weighted by atomic mass is 9.93. The number of ether oxygens (including phenoxy) is 1. The van der Waals surface area contributed by atoms with Crippen LogP contribution in [0.2, 0.25) is 0 Å². The molecule has 0 atom stereocenters. The molecule has 2 aliphatic rings. The van der Waals surface area contributed by atoms with E-state index in [1.807, 2.05) is 0 Å². The highest BCUT2D eigenvalue weighted by Gasteiger charge is 2.27. The zero-order valence-corrected chi connectivity index (χ0v) is 13.3. The van der Waals surface area contributed by atoms with Gasteiger partial charge >= 0.3 is 0 Å². The third kappa shape index (κ3) is 3.09. The molecule has 2 N–H and O–H groups in total. The van der Waals surface area contributed by atoms with E-state index in [0.717, 1.165) is 49.2 Å². The van der Waals surface area contributed by atoms with Crippen LogP contribution in [0.15, 0.2) is 0 Å².